The highest BCUT2D eigenvalue weighted by Gasteiger charge is 2.35. The number of aromatic nitrogens is 1. The summed E-state index contributed by atoms with van der Waals surface area (Å²) in [5, 5.41) is 3.39. The zero-order chi connectivity index (χ0) is 13.2. The van der Waals surface area contributed by atoms with E-state index in [1.54, 1.807) is 12.1 Å². The molecule has 1 aromatic rings. The van der Waals surface area contributed by atoms with Gasteiger partial charge in [-0.2, -0.15) is 0 Å². The van der Waals surface area contributed by atoms with Crippen molar-refractivity contribution in [1.29, 1.82) is 0 Å². The molecule has 0 radical (unpaired) electrons. The minimum Gasteiger partial charge on any atom is -0.464 e. The summed E-state index contributed by atoms with van der Waals surface area (Å²) in [5.74, 6) is 0.136. The zero-order valence-corrected chi connectivity index (χ0v) is 10.8. The third kappa shape index (κ3) is 2.25. The molecule has 0 aromatic carbocycles. The van der Waals surface area contributed by atoms with Gasteiger partial charge in [0.25, 0.3) is 0 Å². The average molecular weight is 249 g/mol. The van der Waals surface area contributed by atoms with E-state index in [-0.39, 0.29) is 11.2 Å². The number of esters is 1. The van der Waals surface area contributed by atoms with Crippen LogP contribution in [0.25, 0.3) is 0 Å². The van der Waals surface area contributed by atoms with Crippen LogP contribution in [0.15, 0.2) is 12.1 Å². The first-order valence-corrected chi connectivity index (χ1v) is 6.23. The third-order valence-electron chi connectivity index (χ3n) is 3.69. The van der Waals surface area contributed by atoms with E-state index >= 15 is 0 Å². The molecule has 18 heavy (non-hydrogen) atoms. The molecule has 5 nitrogen and oxygen atoms in total. The summed E-state index contributed by atoms with van der Waals surface area (Å²) < 4.78 is 4.66. The predicted octanol–water partition coefficient (Wildman–Crippen LogP) is 2.20. The second-order valence-electron chi connectivity index (χ2n) is 4.74. The molecule has 1 aliphatic carbocycles. The van der Waals surface area contributed by atoms with E-state index in [4.69, 9.17) is 5.73 Å². The lowest BCUT2D eigenvalue weighted by atomic mass is 9.75. The van der Waals surface area contributed by atoms with Crippen LogP contribution in [0, 0.1) is 0 Å². The van der Waals surface area contributed by atoms with Crippen molar-refractivity contribution in [2.24, 2.45) is 0 Å². The number of anilines is 2. The molecule has 0 spiro atoms. The second-order valence-corrected chi connectivity index (χ2v) is 4.74. The van der Waals surface area contributed by atoms with E-state index < -0.39 is 5.97 Å². The lowest BCUT2D eigenvalue weighted by molar-refractivity contribution is 0.0594. The Kier molecular flexibility index (Phi) is 3.41. The molecule has 0 aliphatic heterocycles. The number of hydrogen-bond acceptors (Lipinski definition) is 5. The summed E-state index contributed by atoms with van der Waals surface area (Å²) >= 11 is 0. The first-order valence-electron chi connectivity index (χ1n) is 6.23. The van der Waals surface area contributed by atoms with Gasteiger partial charge >= 0.3 is 5.97 Å². The van der Waals surface area contributed by atoms with Gasteiger partial charge in [-0.3, -0.25) is 0 Å². The number of ether oxygens (including phenoxy) is 1. The first-order chi connectivity index (χ1) is 8.60. The molecule has 3 N–H and O–H groups in total. The van der Waals surface area contributed by atoms with Crippen molar-refractivity contribution >= 4 is 17.5 Å². The minimum absolute atomic E-state index is 0.0931. The lowest BCUT2D eigenvalue weighted by Gasteiger charge is -2.42. The van der Waals surface area contributed by atoms with Gasteiger partial charge in [0.1, 0.15) is 0 Å². The topological polar surface area (TPSA) is 77.2 Å². The summed E-state index contributed by atoms with van der Waals surface area (Å²) in [6.45, 7) is 2.15. The number of carbonyl (C=O) groups is 1. The molecule has 1 aromatic heterocycles. The van der Waals surface area contributed by atoms with Crippen LogP contribution in [-0.2, 0) is 4.74 Å². The molecule has 98 valence electrons. The van der Waals surface area contributed by atoms with Gasteiger partial charge in [0.15, 0.2) is 11.5 Å². The Labute approximate surface area is 107 Å². The Hall–Kier alpha value is -1.78. The van der Waals surface area contributed by atoms with E-state index in [2.05, 4.69) is 22.0 Å². The van der Waals surface area contributed by atoms with Crippen molar-refractivity contribution in [3.05, 3.63) is 17.8 Å². The van der Waals surface area contributed by atoms with Crippen molar-refractivity contribution in [1.82, 2.24) is 4.98 Å². The average Bonchev–Trinajstić information content (AvgIpc) is 2.35. The number of nitrogens with zero attached hydrogens (tertiary/aromatic N) is 1. The SMILES string of the molecule is CCC1(Nc2nc(C(=O)OC)ccc2N)CCC1. The Morgan fingerprint density at radius 2 is 2.28 bits per heavy atom. The Morgan fingerprint density at radius 3 is 2.78 bits per heavy atom. The maximum Gasteiger partial charge on any atom is 0.356 e. The van der Waals surface area contributed by atoms with Gasteiger partial charge < -0.3 is 15.8 Å². The van der Waals surface area contributed by atoms with Crippen LogP contribution >= 0.6 is 0 Å². The minimum atomic E-state index is -0.447. The molecule has 2 rings (SSSR count). The highest BCUT2D eigenvalue weighted by Crippen LogP contribution is 2.38. The van der Waals surface area contributed by atoms with Crippen LogP contribution in [0.3, 0.4) is 0 Å². The van der Waals surface area contributed by atoms with Crippen LogP contribution in [0.1, 0.15) is 43.1 Å². The second kappa shape index (κ2) is 4.84. The molecule has 1 heterocycles. The van der Waals surface area contributed by atoms with Gasteiger partial charge in [-0.25, -0.2) is 9.78 Å². The molecular weight excluding hydrogens is 230 g/mol. The molecule has 0 amide bonds. The summed E-state index contributed by atoms with van der Waals surface area (Å²) in [7, 11) is 1.34. The van der Waals surface area contributed by atoms with Gasteiger partial charge in [-0.1, -0.05) is 6.92 Å². The van der Waals surface area contributed by atoms with Gasteiger partial charge in [0.2, 0.25) is 0 Å². The normalized spacial score (nSPS) is 16.8. The predicted molar refractivity (Wildman–Crippen MR) is 70.5 cm³/mol. The summed E-state index contributed by atoms with van der Waals surface area (Å²) in [4.78, 5) is 15.7. The largest absolute Gasteiger partial charge is 0.464 e. The molecule has 5 heteroatoms. The van der Waals surface area contributed by atoms with Crippen LogP contribution in [0.5, 0.6) is 0 Å². The smallest absolute Gasteiger partial charge is 0.356 e. The molecular formula is C13H19N3O2. The molecule has 1 saturated carbocycles. The van der Waals surface area contributed by atoms with E-state index in [0.29, 0.717) is 11.5 Å². The lowest BCUT2D eigenvalue weighted by Crippen LogP contribution is -2.44. The first kappa shape index (κ1) is 12.7. The van der Waals surface area contributed by atoms with Gasteiger partial charge in [-0.05, 0) is 37.8 Å². The van der Waals surface area contributed by atoms with E-state index in [1.807, 2.05) is 0 Å². The van der Waals surface area contributed by atoms with Crippen molar-refractivity contribution in [3.63, 3.8) is 0 Å². The van der Waals surface area contributed by atoms with Crippen molar-refractivity contribution < 1.29 is 9.53 Å². The van der Waals surface area contributed by atoms with Gasteiger partial charge in [-0.15, -0.1) is 0 Å². The third-order valence-corrected chi connectivity index (χ3v) is 3.69. The fraction of sp³-hybridized carbons (Fsp3) is 0.538. The number of nitrogens with one attached hydrogen (secondary N) is 1. The molecule has 0 bridgehead atoms. The standard InChI is InChI=1S/C13H19N3O2/c1-3-13(7-4-8-13)16-11-9(14)5-6-10(15-11)12(17)18-2/h5-6H,3-4,7-8,14H2,1-2H3,(H,15,16). The monoisotopic (exact) mass is 249 g/mol. The van der Waals surface area contributed by atoms with Gasteiger partial charge in [0.05, 0.1) is 12.8 Å². The molecule has 1 aliphatic rings. The van der Waals surface area contributed by atoms with Crippen LogP contribution in [0.2, 0.25) is 0 Å². The summed E-state index contributed by atoms with van der Waals surface area (Å²) in [6.07, 6.45) is 4.48. The van der Waals surface area contributed by atoms with E-state index in [0.717, 1.165) is 19.3 Å². The highest BCUT2D eigenvalue weighted by molar-refractivity contribution is 5.88. The van der Waals surface area contributed by atoms with Crippen LogP contribution in [-0.4, -0.2) is 23.6 Å². The van der Waals surface area contributed by atoms with Crippen molar-refractivity contribution in [2.45, 2.75) is 38.1 Å². The number of rotatable bonds is 4. The quantitative estimate of drug-likeness (QED) is 0.800. The van der Waals surface area contributed by atoms with E-state index in [1.165, 1.54) is 13.5 Å². The molecule has 0 unspecified atom stereocenters. The fourth-order valence-corrected chi connectivity index (χ4v) is 2.21. The summed E-state index contributed by atoms with van der Waals surface area (Å²) in [5.41, 5.74) is 6.82. The number of carbonyl (C=O) groups excluding carboxylic acids is 1. The van der Waals surface area contributed by atoms with Crippen LogP contribution < -0.4 is 11.1 Å². The molecule has 1 fully saturated rings. The zero-order valence-electron chi connectivity index (χ0n) is 10.8. The number of nitrogens with two attached hydrogens (primary N) is 1. The maximum absolute atomic E-state index is 11.4. The molecule has 0 saturated heterocycles. The number of pyridine rings is 1. The Bertz CT molecular complexity index is 450. The van der Waals surface area contributed by atoms with Crippen molar-refractivity contribution in [3.8, 4) is 0 Å². The van der Waals surface area contributed by atoms with Gasteiger partial charge in [0, 0.05) is 5.54 Å². The Balaban J connectivity index is 2.23. The molecule has 0 atom stereocenters. The number of hydrogen-bond donors (Lipinski definition) is 2. The highest BCUT2D eigenvalue weighted by atomic mass is 16.5. The number of methoxy groups -OCH3 is 1. The Morgan fingerprint density at radius 1 is 1.56 bits per heavy atom. The summed E-state index contributed by atoms with van der Waals surface area (Å²) in [6, 6.07) is 3.26. The fourth-order valence-electron chi connectivity index (χ4n) is 2.21. The van der Waals surface area contributed by atoms with E-state index in [9.17, 15) is 4.79 Å². The number of nitrogen functional groups attached to an aromatic ring is 1. The van der Waals surface area contributed by atoms with Crippen LogP contribution in [0.4, 0.5) is 11.5 Å². The maximum atomic E-state index is 11.4. The van der Waals surface area contributed by atoms with Crippen molar-refractivity contribution in [2.75, 3.05) is 18.2 Å².